The zero-order valence-electron chi connectivity index (χ0n) is 15.0. The van der Waals surface area contributed by atoms with Gasteiger partial charge in [0, 0.05) is 18.7 Å². The van der Waals surface area contributed by atoms with E-state index in [-0.39, 0.29) is 36.8 Å². The molecule has 1 amide bonds. The second kappa shape index (κ2) is 8.05. The Morgan fingerprint density at radius 3 is 2.50 bits per heavy atom. The predicted octanol–water partition coefficient (Wildman–Crippen LogP) is 1.85. The molecular weight excluding hydrogens is 368 g/mol. The molecule has 1 fully saturated rings. The van der Waals surface area contributed by atoms with E-state index in [0.717, 1.165) is 11.6 Å². The van der Waals surface area contributed by atoms with Gasteiger partial charge < -0.3 is 19.5 Å². The van der Waals surface area contributed by atoms with Gasteiger partial charge in [-0.25, -0.2) is 4.79 Å². The van der Waals surface area contributed by atoms with E-state index >= 15 is 0 Å². The van der Waals surface area contributed by atoms with Crippen molar-refractivity contribution in [1.29, 1.82) is 0 Å². The van der Waals surface area contributed by atoms with Crippen LogP contribution in [-0.2, 0) is 20.8 Å². The molecule has 9 heteroatoms. The standard InChI is InChI=1S/C19H18N2O7/c1-26-17(22)14-7-8-15(21(24)25)16(9-14)28-19(11-27-12-19)18(23)20-10-13-5-3-2-4-6-13/h2-9H,10-12H2,1H3,(H,20,23). The molecule has 0 spiro atoms. The molecule has 9 nitrogen and oxygen atoms in total. The van der Waals surface area contributed by atoms with Crippen LogP contribution in [0.25, 0.3) is 0 Å². The lowest BCUT2D eigenvalue weighted by Gasteiger charge is -2.39. The fraction of sp³-hybridized carbons (Fsp3) is 0.263. The number of carbonyl (C=O) groups is 2. The first kappa shape index (κ1) is 19.3. The lowest BCUT2D eigenvalue weighted by Crippen LogP contribution is -2.64. The molecular formula is C19H18N2O7. The van der Waals surface area contributed by atoms with Gasteiger partial charge in [0.1, 0.15) is 0 Å². The predicted molar refractivity (Wildman–Crippen MR) is 96.9 cm³/mol. The van der Waals surface area contributed by atoms with Gasteiger partial charge in [0.05, 0.1) is 30.8 Å². The lowest BCUT2D eigenvalue weighted by molar-refractivity contribution is -0.386. The van der Waals surface area contributed by atoms with Crippen LogP contribution in [0, 0.1) is 10.1 Å². The monoisotopic (exact) mass is 386 g/mol. The Kier molecular flexibility index (Phi) is 5.55. The summed E-state index contributed by atoms with van der Waals surface area (Å²) in [5.41, 5.74) is -0.809. The molecule has 3 rings (SSSR count). The van der Waals surface area contributed by atoms with E-state index in [9.17, 15) is 19.7 Å². The van der Waals surface area contributed by atoms with Crippen LogP contribution in [0.3, 0.4) is 0 Å². The Hall–Kier alpha value is -3.46. The van der Waals surface area contributed by atoms with Gasteiger partial charge in [-0.05, 0) is 11.6 Å². The summed E-state index contributed by atoms with van der Waals surface area (Å²) in [5, 5.41) is 14.1. The summed E-state index contributed by atoms with van der Waals surface area (Å²) in [4.78, 5) is 35.1. The highest BCUT2D eigenvalue weighted by atomic mass is 16.6. The maximum atomic E-state index is 12.7. The van der Waals surface area contributed by atoms with Crippen molar-refractivity contribution in [3.8, 4) is 5.75 Å². The fourth-order valence-corrected chi connectivity index (χ4v) is 2.67. The van der Waals surface area contributed by atoms with E-state index < -0.39 is 22.4 Å². The minimum atomic E-state index is -1.41. The van der Waals surface area contributed by atoms with Crippen LogP contribution in [0.5, 0.6) is 5.75 Å². The average molecular weight is 386 g/mol. The first-order valence-electron chi connectivity index (χ1n) is 8.41. The molecule has 0 saturated carbocycles. The normalized spacial score (nSPS) is 14.5. The highest BCUT2D eigenvalue weighted by Gasteiger charge is 2.49. The largest absolute Gasteiger partial charge is 0.465 e. The lowest BCUT2D eigenvalue weighted by atomic mass is 10.00. The van der Waals surface area contributed by atoms with Gasteiger partial charge in [0.25, 0.3) is 5.91 Å². The Morgan fingerprint density at radius 2 is 1.93 bits per heavy atom. The zero-order chi connectivity index (χ0) is 20.1. The fourth-order valence-electron chi connectivity index (χ4n) is 2.67. The number of carbonyl (C=O) groups excluding carboxylic acids is 2. The molecule has 1 aliphatic heterocycles. The minimum absolute atomic E-state index is 0.0623. The van der Waals surface area contributed by atoms with Crippen LogP contribution in [0.1, 0.15) is 15.9 Å². The van der Waals surface area contributed by atoms with Crippen LogP contribution in [-0.4, -0.2) is 42.7 Å². The molecule has 0 unspecified atom stereocenters. The Morgan fingerprint density at radius 1 is 1.21 bits per heavy atom. The van der Waals surface area contributed by atoms with Crippen molar-refractivity contribution in [2.24, 2.45) is 0 Å². The summed E-state index contributed by atoms with van der Waals surface area (Å²) in [6, 6.07) is 12.9. The van der Waals surface area contributed by atoms with Gasteiger partial charge in [-0.1, -0.05) is 30.3 Å². The summed E-state index contributed by atoms with van der Waals surface area (Å²) < 4.78 is 15.5. The molecule has 2 aromatic carbocycles. The molecule has 0 bridgehead atoms. The molecule has 146 valence electrons. The highest BCUT2D eigenvalue weighted by molar-refractivity contribution is 5.91. The molecule has 28 heavy (non-hydrogen) atoms. The summed E-state index contributed by atoms with van der Waals surface area (Å²) in [6.45, 7) is 0.148. The molecule has 1 heterocycles. The number of nitro benzene ring substituents is 1. The number of hydrogen-bond acceptors (Lipinski definition) is 7. The number of rotatable bonds is 7. The van der Waals surface area contributed by atoms with Crippen molar-refractivity contribution in [2.75, 3.05) is 20.3 Å². The van der Waals surface area contributed by atoms with Crippen LogP contribution < -0.4 is 10.1 Å². The first-order valence-corrected chi connectivity index (χ1v) is 8.41. The van der Waals surface area contributed by atoms with Crippen molar-refractivity contribution >= 4 is 17.6 Å². The van der Waals surface area contributed by atoms with Crippen LogP contribution in [0.2, 0.25) is 0 Å². The van der Waals surface area contributed by atoms with E-state index in [1.807, 2.05) is 30.3 Å². The van der Waals surface area contributed by atoms with E-state index in [0.29, 0.717) is 0 Å². The second-order valence-electron chi connectivity index (χ2n) is 6.19. The summed E-state index contributed by atoms with van der Waals surface area (Å²) in [5.74, 6) is -1.33. The Labute approximate surface area is 160 Å². The average Bonchev–Trinajstić information content (AvgIpc) is 2.68. The van der Waals surface area contributed by atoms with Crippen LogP contribution in [0.4, 0.5) is 5.69 Å². The number of benzene rings is 2. The van der Waals surface area contributed by atoms with Gasteiger partial charge in [-0.15, -0.1) is 0 Å². The number of amides is 1. The van der Waals surface area contributed by atoms with E-state index in [4.69, 9.17) is 9.47 Å². The number of hydrogen-bond donors (Lipinski definition) is 1. The molecule has 2 aromatic rings. The van der Waals surface area contributed by atoms with E-state index in [2.05, 4.69) is 10.1 Å². The maximum Gasteiger partial charge on any atom is 0.337 e. The van der Waals surface area contributed by atoms with Crippen molar-refractivity contribution in [2.45, 2.75) is 12.1 Å². The van der Waals surface area contributed by atoms with Gasteiger partial charge in [-0.3, -0.25) is 14.9 Å². The molecule has 1 saturated heterocycles. The van der Waals surface area contributed by atoms with E-state index in [1.54, 1.807) is 0 Å². The van der Waals surface area contributed by atoms with Gasteiger partial charge in [-0.2, -0.15) is 0 Å². The van der Waals surface area contributed by atoms with Gasteiger partial charge in [0.15, 0.2) is 5.75 Å². The first-order chi connectivity index (χ1) is 13.4. The van der Waals surface area contributed by atoms with Gasteiger partial charge in [0.2, 0.25) is 5.60 Å². The molecule has 0 aliphatic carbocycles. The van der Waals surface area contributed by atoms with Crippen molar-refractivity contribution in [3.63, 3.8) is 0 Å². The number of esters is 1. The van der Waals surface area contributed by atoms with Crippen molar-refractivity contribution < 1.29 is 28.7 Å². The van der Waals surface area contributed by atoms with E-state index in [1.165, 1.54) is 19.2 Å². The van der Waals surface area contributed by atoms with Crippen molar-refractivity contribution in [3.05, 3.63) is 69.8 Å². The number of methoxy groups -OCH3 is 1. The SMILES string of the molecule is COC(=O)c1ccc([N+](=O)[O-])c(OC2(C(=O)NCc3ccccc3)COC2)c1. The summed E-state index contributed by atoms with van der Waals surface area (Å²) >= 11 is 0. The maximum absolute atomic E-state index is 12.7. The van der Waals surface area contributed by atoms with Crippen LogP contribution >= 0.6 is 0 Å². The molecule has 1 aliphatic rings. The molecule has 0 radical (unpaired) electrons. The third-order valence-electron chi connectivity index (χ3n) is 4.26. The third-order valence-corrected chi connectivity index (χ3v) is 4.26. The Balaban J connectivity index is 1.82. The highest BCUT2D eigenvalue weighted by Crippen LogP contribution is 2.34. The zero-order valence-corrected chi connectivity index (χ0v) is 15.0. The number of nitrogens with zero attached hydrogens (tertiary/aromatic N) is 1. The number of ether oxygens (including phenoxy) is 3. The quantitative estimate of drug-likeness (QED) is 0.438. The topological polar surface area (TPSA) is 117 Å². The third kappa shape index (κ3) is 3.94. The molecule has 0 aromatic heterocycles. The van der Waals surface area contributed by atoms with Crippen LogP contribution in [0.15, 0.2) is 48.5 Å². The molecule has 0 atom stereocenters. The second-order valence-corrected chi connectivity index (χ2v) is 6.19. The minimum Gasteiger partial charge on any atom is -0.465 e. The molecule has 1 N–H and O–H groups in total. The Bertz CT molecular complexity index is 894. The van der Waals surface area contributed by atoms with Gasteiger partial charge >= 0.3 is 11.7 Å². The number of nitrogens with one attached hydrogen (secondary N) is 1. The number of nitro groups is 1. The summed E-state index contributed by atoms with van der Waals surface area (Å²) in [6.07, 6.45) is 0. The van der Waals surface area contributed by atoms with Crippen molar-refractivity contribution in [1.82, 2.24) is 5.32 Å². The summed E-state index contributed by atoms with van der Waals surface area (Å²) in [7, 11) is 1.20. The smallest absolute Gasteiger partial charge is 0.337 e.